The van der Waals surface area contributed by atoms with E-state index in [0.717, 1.165) is 5.56 Å². The molecule has 0 aliphatic rings. The molecule has 0 saturated heterocycles. The topological polar surface area (TPSA) is 69.4 Å². The highest BCUT2D eigenvalue weighted by Crippen LogP contribution is 2.28. The van der Waals surface area contributed by atoms with Crippen LogP contribution in [0.25, 0.3) is 0 Å². The molecule has 0 fully saturated rings. The maximum absolute atomic E-state index is 10.9. The number of carbonyl (C=O) groups is 1. The van der Waals surface area contributed by atoms with Crippen molar-refractivity contribution >= 4 is 11.5 Å². The van der Waals surface area contributed by atoms with Gasteiger partial charge in [0, 0.05) is 12.5 Å². The van der Waals surface area contributed by atoms with Crippen molar-refractivity contribution in [3.05, 3.63) is 33.9 Å². The predicted octanol–water partition coefficient (Wildman–Crippen LogP) is 2.65. The van der Waals surface area contributed by atoms with Crippen LogP contribution in [-0.4, -0.2) is 16.8 Å². The second kappa shape index (κ2) is 5.43. The summed E-state index contributed by atoms with van der Waals surface area (Å²) < 4.78 is 5.41. The third-order valence-corrected chi connectivity index (χ3v) is 2.21. The highest BCUT2D eigenvalue weighted by atomic mass is 16.6. The van der Waals surface area contributed by atoms with E-state index in [1.165, 1.54) is 13.0 Å². The highest BCUT2D eigenvalue weighted by Gasteiger charge is 2.17. The van der Waals surface area contributed by atoms with Crippen molar-refractivity contribution in [2.75, 3.05) is 0 Å². The molecule has 0 N–H and O–H groups in total. The van der Waals surface area contributed by atoms with Crippen molar-refractivity contribution in [3.8, 4) is 5.75 Å². The van der Waals surface area contributed by atoms with E-state index in [1.807, 2.05) is 0 Å². The molecule has 92 valence electrons. The van der Waals surface area contributed by atoms with Gasteiger partial charge in [-0.25, -0.2) is 0 Å². The predicted molar refractivity (Wildman–Crippen MR) is 63.2 cm³/mol. The largest absolute Gasteiger partial charge is 0.483 e. The first-order valence-corrected chi connectivity index (χ1v) is 5.31. The summed E-state index contributed by atoms with van der Waals surface area (Å²) in [6, 6.07) is 4.75. The number of benzene rings is 1. The van der Waals surface area contributed by atoms with Crippen molar-refractivity contribution < 1.29 is 14.5 Å². The van der Waals surface area contributed by atoms with E-state index in [4.69, 9.17) is 4.74 Å². The molecular weight excluding hydrogens is 222 g/mol. The third-order valence-electron chi connectivity index (χ3n) is 2.21. The van der Waals surface area contributed by atoms with Gasteiger partial charge in [-0.05, 0) is 32.4 Å². The van der Waals surface area contributed by atoms with Gasteiger partial charge >= 0.3 is 5.69 Å². The summed E-state index contributed by atoms with van der Waals surface area (Å²) in [5, 5.41) is 10.8. The summed E-state index contributed by atoms with van der Waals surface area (Å²) in [7, 11) is 0. The fourth-order valence-electron chi connectivity index (χ4n) is 1.53. The number of ketones is 1. The molecule has 0 bridgehead atoms. The molecule has 5 nitrogen and oxygen atoms in total. The molecule has 1 aromatic rings. The van der Waals surface area contributed by atoms with Crippen LogP contribution in [0.15, 0.2) is 18.2 Å². The first-order chi connectivity index (χ1) is 7.90. The lowest BCUT2D eigenvalue weighted by Crippen LogP contribution is -2.16. The molecule has 0 amide bonds. The quantitative estimate of drug-likeness (QED) is 0.583. The molecule has 1 unspecified atom stereocenters. The van der Waals surface area contributed by atoms with Gasteiger partial charge < -0.3 is 4.74 Å². The van der Waals surface area contributed by atoms with Gasteiger partial charge in [0.2, 0.25) is 0 Å². The minimum atomic E-state index is -0.483. The van der Waals surface area contributed by atoms with Crippen molar-refractivity contribution in [2.45, 2.75) is 33.3 Å². The summed E-state index contributed by atoms with van der Waals surface area (Å²) in [5.74, 6) is 0.196. The maximum atomic E-state index is 10.9. The van der Waals surface area contributed by atoms with Crippen molar-refractivity contribution in [1.29, 1.82) is 0 Å². The number of hydrogen-bond acceptors (Lipinski definition) is 4. The van der Waals surface area contributed by atoms with Gasteiger partial charge in [0.15, 0.2) is 5.75 Å². The summed E-state index contributed by atoms with van der Waals surface area (Å²) in [4.78, 5) is 21.3. The van der Waals surface area contributed by atoms with E-state index in [-0.39, 0.29) is 29.7 Å². The minimum Gasteiger partial charge on any atom is -0.483 e. The average molecular weight is 237 g/mol. The van der Waals surface area contributed by atoms with Crippen LogP contribution in [0.1, 0.15) is 25.8 Å². The molecule has 0 aliphatic carbocycles. The van der Waals surface area contributed by atoms with Gasteiger partial charge in [0.25, 0.3) is 0 Å². The second-order valence-corrected chi connectivity index (χ2v) is 4.06. The van der Waals surface area contributed by atoms with Gasteiger partial charge in [-0.3, -0.25) is 14.9 Å². The number of rotatable bonds is 5. The number of nitro groups is 1. The summed E-state index contributed by atoms with van der Waals surface area (Å²) in [6.07, 6.45) is -0.126. The van der Waals surface area contributed by atoms with Crippen LogP contribution in [0.2, 0.25) is 0 Å². The minimum absolute atomic E-state index is 0.00716. The van der Waals surface area contributed by atoms with Crippen LogP contribution in [0.4, 0.5) is 5.69 Å². The fourth-order valence-corrected chi connectivity index (χ4v) is 1.53. The monoisotopic (exact) mass is 237 g/mol. The van der Waals surface area contributed by atoms with Gasteiger partial charge in [0.1, 0.15) is 11.9 Å². The maximum Gasteiger partial charge on any atom is 0.311 e. The zero-order valence-corrected chi connectivity index (χ0v) is 10.1. The zero-order valence-electron chi connectivity index (χ0n) is 10.1. The lowest BCUT2D eigenvalue weighted by Gasteiger charge is -2.13. The number of carbonyl (C=O) groups excluding carboxylic acids is 1. The van der Waals surface area contributed by atoms with E-state index < -0.39 is 4.92 Å². The number of nitro benzene ring substituents is 1. The Labute approximate surface area is 99.5 Å². The Kier molecular flexibility index (Phi) is 4.20. The highest BCUT2D eigenvalue weighted by molar-refractivity contribution is 5.76. The Morgan fingerprint density at radius 3 is 2.71 bits per heavy atom. The van der Waals surface area contributed by atoms with Crippen molar-refractivity contribution in [3.63, 3.8) is 0 Å². The van der Waals surface area contributed by atoms with Crippen molar-refractivity contribution in [1.82, 2.24) is 0 Å². The number of nitrogens with zero attached hydrogens (tertiary/aromatic N) is 1. The Morgan fingerprint density at radius 1 is 1.53 bits per heavy atom. The molecule has 0 aromatic heterocycles. The fraction of sp³-hybridized carbons (Fsp3) is 0.417. The molecule has 1 aromatic carbocycles. The SMILES string of the molecule is CC(=O)CC(C)Oc1ccc(C)cc1[N+](=O)[O-]. The van der Waals surface area contributed by atoms with Gasteiger partial charge in [-0.1, -0.05) is 6.07 Å². The van der Waals surface area contributed by atoms with Gasteiger partial charge in [0.05, 0.1) is 4.92 Å². The van der Waals surface area contributed by atoms with Crippen LogP contribution in [0.3, 0.4) is 0 Å². The van der Waals surface area contributed by atoms with Crippen LogP contribution < -0.4 is 4.74 Å². The van der Waals surface area contributed by atoms with Crippen LogP contribution in [0.5, 0.6) is 5.75 Å². The molecule has 17 heavy (non-hydrogen) atoms. The van der Waals surface area contributed by atoms with Crippen LogP contribution in [-0.2, 0) is 4.79 Å². The standard InChI is InChI=1S/C12H15NO4/c1-8-4-5-12(11(6-8)13(15)16)17-10(3)7-9(2)14/h4-6,10H,7H2,1-3H3. The lowest BCUT2D eigenvalue weighted by atomic mass is 10.2. The number of aryl methyl sites for hydroxylation is 1. The van der Waals surface area contributed by atoms with Crippen LogP contribution in [0, 0.1) is 17.0 Å². The summed E-state index contributed by atoms with van der Waals surface area (Å²) >= 11 is 0. The van der Waals surface area contributed by atoms with E-state index in [0.29, 0.717) is 0 Å². The second-order valence-electron chi connectivity index (χ2n) is 4.06. The Morgan fingerprint density at radius 2 is 2.18 bits per heavy atom. The molecule has 0 spiro atoms. The van der Waals surface area contributed by atoms with E-state index >= 15 is 0 Å². The first kappa shape index (κ1) is 13.2. The van der Waals surface area contributed by atoms with E-state index in [1.54, 1.807) is 26.0 Å². The Bertz CT molecular complexity index is 442. The Hall–Kier alpha value is -1.91. The summed E-state index contributed by atoms with van der Waals surface area (Å²) in [6.45, 7) is 4.95. The van der Waals surface area contributed by atoms with Crippen LogP contribution >= 0.6 is 0 Å². The molecule has 1 atom stereocenters. The van der Waals surface area contributed by atoms with E-state index in [2.05, 4.69) is 0 Å². The molecular formula is C12H15NO4. The van der Waals surface area contributed by atoms with Crippen molar-refractivity contribution in [2.24, 2.45) is 0 Å². The number of Topliss-reactive ketones (excluding diaryl/α,β-unsaturated/α-hetero) is 1. The third kappa shape index (κ3) is 3.86. The molecule has 0 radical (unpaired) electrons. The molecule has 1 rings (SSSR count). The molecule has 0 heterocycles. The summed E-state index contributed by atoms with van der Waals surface area (Å²) in [5.41, 5.74) is 0.726. The molecule has 5 heteroatoms. The van der Waals surface area contributed by atoms with Gasteiger partial charge in [-0.15, -0.1) is 0 Å². The van der Waals surface area contributed by atoms with E-state index in [9.17, 15) is 14.9 Å². The molecule has 0 aliphatic heterocycles. The Balaban J connectivity index is 2.90. The van der Waals surface area contributed by atoms with Gasteiger partial charge in [-0.2, -0.15) is 0 Å². The smallest absolute Gasteiger partial charge is 0.311 e. The molecule has 0 saturated carbocycles. The lowest BCUT2D eigenvalue weighted by molar-refractivity contribution is -0.386. The average Bonchev–Trinajstić information content (AvgIpc) is 2.19. The normalized spacial score (nSPS) is 11.9. The number of ether oxygens (including phenoxy) is 1. The number of hydrogen-bond donors (Lipinski definition) is 0. The first-order valence-electron chi connectivity index (χ1n) is 5.31. The zero-order chi connectivity index (χ0) is 13.0.